The third-order valence-electron chi connectivity index (χ3n) is 6.93. The third kappa shape index (κ3) is 5.28. The molecule has 2 heterocycles. The summed E-state index contributed by atoms with van der Waals surface area (Å²) < 4.78 is 0. The van der Waals surface area contributed by atoms with Gasteiger partial charge in [-0.3, -0.25) is 9.79 Å². The van der Waals surface area contributed by atoms with Gasteiger partial charge in [0.05, 0.1) is 0 Å². The average Bonchev–Trinajstić information content (AvgIpc) is 2.84. The van der Waals surface area contributed by atoms with Crippen molar-refractivity contribution in [2.45, 2.75) is 63.3 Å². The molecule has 0 aromatic heterocycles. The van der Waals surface area contributed by atoms with Crippen LogP contribution in [0.3, 0.4) is 0 Å². The van der Waals surface area contributed by atoms with Gasteiger partial charge >= 0.3 is 0 Å². The van der Waals surface area contributed by atoms with Crippen LogP contribution < -0.4 is 10.6 Å². The van der Waals surface area contributed by atoms with Gasteiger partial charge in [-0.05, 0) is 39.8 Å². The van der Waals surface area contributed by atoms with Crippen molar-refractivity contribution in [3.05, 3.63) is 0 Å². The minimum absolute atomic E-state index is 0. The normalized spacial score (nSPS) is 28.7. The van der Waals surface area contributed by atoms with Gasteiger partial charge in [0, 0.05) is 50.6 Å². The predicted molar refractivity (Wildman–Crippen MR) is 122 cm³/mol. The Morgan fingerprint density at radius 1 is 1.19 bits per heavy atom. The number of likely N-dealkylation sites (tertiary alicyclic amines) is 1. The van der Waals surface area contributed by atoms with Crippen LogP contribution in [0.4, 0.5) is 0 Å². The maximum Gasteiger partial charge on any atom is 0.220 e. The number of guanidine groups is 1. The molecule has 2 saturated heterocycles. The van der Waals surface area contributed by atoms with E-state index in [0.717, 1.165) is 45.0 Å². The Bertz CT molecular complexity index is 530. The van der Waals surface area contributed by atoms with Crippen molar-refractivity contribution in [3.63, 3.8) is 0 Å². The third-order valence-corrected chi connectivity index (χ3v) is 6.93. The molecule has 3 aliphatic rings. The predicted octanol–water partition coefficient (Wildman–Crippen LogP) is 2.44. The van der Waals surface area contributed by atoms with E-state index in [2.05, 4.69) is 39.5 Å². The van der Waals surface area contributed by atoms with Crippen molar-refractivity contribution >= 4 is 35.8 Å². The van der Waals surface area contributed by atoms with Gasteiger partial charge in [0.1, 0.15) is 0 Å². The van der Waals surface area contributed by atoms with Gasteiger partial charge in [-0.15, -0.1) is 24.0 Å². The number of rotatable bonds is 3. The summed E-state index contributed by atoms with van der Waals surface area (Å²) in [5.41, 5.74) is 0.333. The number of aliphatic imine (C=N–C) groups is 1. The van der Waals surface area contributed by atoms with Crippen molar-refractivity contribution in [2.24, 2.45) is 10.4 Å². The van der Waals surface area contributed by atoms with Crippen molar-refractivity contribution in [1.82, 2.24) is 20.4 Å². The number of hydrogen-bond acceptors (Lipinski definition) is 3. The van der Waals surface area contributed by atoms with E-state index in [9.17, 15) is 4.79 Å². The number of halogens is 1. The first-order chi connectivity index (χ1) is 12.5. The zero-order valence-corrected chi connectivity index (χ0v) is 19.7. The maximum absolute atomic E-state index is 11.8. The lowest BCUT2D eigenvalue weighted by Gasteiger charge is -2.43. The second-order valence-electron chi connectivity index (χ2n) is 8.91. The minimum Gasteiger partial charge on any atom is -0.355 e. The fourth-order valence-electron chi connectivity index (χ4n) is 5.17. The van der Waals surface area contributed by atoms with Crippen LogP contribution in [0.1, 0.15) is 57.8 Å². The molecule has 1 aliphatic carbocycles. The summed E-state index contributed by atoms with van der Waals surface area (Å²) in [6.45, 7) is 3.74. The first-order valence-corrected chi connectivity index (χ1v) is 10.4. The fraction of sp³-hybridized carbons (Fsp3) is 0.900. The Balaban J connectivity index is 0.00000261. The van der Waals surface area contributed by atoms with E-state index < -0.39 is 0 Å². The summed E-state index contributed by atoms with van der Waals surface area (Å²) >= 11 is 0. The maximum atomic E-state index is 11.8. The Morgan fingerprint density at radius 2 is 1.89 bits per heavy atom. The molecule has 1 spiro atoms. The van der Waals surface area contributed by atoms with Crippen molar-refractivity contribution in [2.75, 3.05) is 47.3 Å². The molecule has 0 aromatic carbocycles. The standard InChI is InChI=1S/C20H37N5O.HI/c1-21-18(23-15-20(24(2)3)10-6-4-5-7-11-20)25-12-8-9-19(16-25)13-17(26)22-14-19;/h4-16H2,1-3H3,(H,21,23)(H,22,26);1H. The second kappa shape index (κ2) is 9.76. The molecule has 27 heavy (non-hydrogen) atoms. The molecule has 0 bridgehead atoms. The molecular formula is C20H38IN5O. The van der Waals surface area contributed by atoms with E-state index >= 15 is 0 Å². The van der Waals surface area contributed by atoms with Gasteiger partial charge in [-0.1, -0.05) is 25.7 Å². The average molecular weight is 491 g/mol. The van der Waals surface area contributed by atoms with Gasteiger partial charge in [-0.25, -0.2) is 0 Å². The topological polar surface area (TPSA) is 60.0 Å². The molecule has 1 saturated carbocycles. The van der Waals surface area contributed by atoms with Crippen LogP contribution in [0.15, 0.2) is 4.99 Å². The van der Waals surface area contributed by atoms with Gasteiger partial charge in [0.15, 0.2) is 5.96 Å². The summed E-state index contributed by atoms with van der Waals surface area (Å²) in [5, 5.41) is 6.74. The number of nitrogens with one attached hydrogen (secondary N) is 2. The Hall–Kier alpha value is -0.570. The van der Waals surface area contributed by atoms with Crippen LogP contribution in [0.2, 0.25) is 0 Å². The molecule has 2 aliphatic heterocycles. The smallest absolute Gasteiger partial charge is 0.220 e. The summed E-state index contributed by atoms with van der Waals surface area (Å²) in [7, 11) is 6.33. The number of carbonyl (C=O) groups excluding carboxylic acids is 1. The van der Waals surface area contributed by atoms with Gasteiger partial charge in [0.2, 0.25) is 5.91 Å². The lowest BCUT2D eigenvalue weighted by molar-refractivity contribution is -0.119. The summed E-state index contributed by atoms with van der Waals surface area (Å²) in [6.07, 6.45) is 10.8. The van der Waals surface area contributed by atoms with E-state index in [-0.39, 0.29) is 40.8 Å². The van der Waals surface area contributed by atoms with E-state index in [4.69, 9.17) is 0 Å². The van der Waals surface area contributed by atoms with Crippen LogP contribution in [0.25, 0.3) is 0 Å². The quantitative estimate of drug-likeness (QED) is 0.276. The second-order valence-corrected chi connectivity index (χ2v) is 8.91. The summed E-state index contributed by atoms with van der Waals surface area (Å²) in [4.78, 5) is 21.2. The Kier molecular flexibility index (Phi) is 8.21. The molecule has 156 valence electrons. The first kappa shape index (κ1) is 22.7. The molecule has 6 nitrogen and oxygen atoms in total. The zero-order valence-electron chi connectivity index (χ0n) is 17.4. The zero-order chi connectivity index (χ0) is 18.6. The highest BCUT2D eigenvalue weighted by Gasteiger charge is 2.42. The van der Waals surface area contributed by atoms with Crippen LogP contribution in [-0.2, 0) is 4.79 Å². The highest BCUT2D eigenvalue weighted by Crippen LogP contribution is 2.36. The van der Waals surface area contributed by atoms with Gasteiger partial charge in [-0.2, -0.15) is 0 Å². The number of amides is 1. The molecule has 1 unspecified atom stereocenters. The minimum atomic E-state index is 0. The molecule has 1 amide bonds. The molecule has 3 rings (SSSR count). The Labute approximate surface area is 181 Å². The number of carbonyl (C=O) groups is 1. The highest BCUT2D eigenvalue weighted by molar-refractivity contribution is 14.0. The lowest BCUT2D eigenvalue weighted by atomic mass is 9.79. The van der Waals surface area contributed by atoms with E-state index in [1.54, 1.807) is 0 Å². The molecule has 3 fully saturated rings. The van der Waals surface area contributed by atoms with Crippen molar-refractivity contribution < 1.29 is 4.79 Å². The fourth-order valence-corrected chi connectivity index (χ4v) is 5.17. The van der Waals surface area contributed by atoms with E-state index in [1.165, 1.54) is 38.5 Å². The van der Waals surface area contributed by atoms with Gasteiger partial charge < -0.3 is 20.4 Å². The number of likely N-dealkylation sites (N-methyl/N-ethyl adjacent to an activating group) is 1. The van der Waals surface area contributed by atoms with Crippen LogP contribution >= 0.6 is 24.0 Å². The van der Waals surface area contributed by atoms with Crippen molar-refractivity contribution in [1.29, 1.82) is 0 Å². The first-order valence-electron chi connectivity index (χ1n) is 10.4. The molecule has 0 aromatic rings. The van der Waals surface area contributed by atoms with E-state index in [0.29, 0.717) is 6.42 Å². The summed E-state index contributed by atoms with van der Waals surface area (Å²) in [5.74, 6) is 1.22. The van der Waals surface area contributed by atoms with Crippen LogP contribution in [0.5, 0.6) is 0 Å². The largest absolute Gasteiger partial charge is 0.355 e. The monoisotopic (exact) mass is 491 g/mol. The summed E-state index contributed by atoms with van der Waals surface area (Å²) in [6, 6.07) is 0. The molecule has 0 radical (unpaired) electrons. The van der Waals surface area contributed by atoms with E-state index in [1.807, 2.05) is 7.05 Å². The number of piperidine rings is 1. The van der Waals surface area contributed by atoms with Crippen LogP contribution in [-0.4, -0.2) is 74.5 Å². The number of nitrogens with zero attached hydrogens (tertiary/aromatic N) is 3. The van der Waals surface area contributed by atoms with Crippen molar-refractivity contribution in [3.8, 4) is 0 Å². The van der Waals surface area contributed by atoms with Crippen LogP contribution in [0, 0.1) is 5.41 Å². The molecule has 1 atom stereocenters. The molecule has 2 N–H and O–H groups in total. The van der Waals surface area contributed by atoms with Gasteiger partial charge in [0.25, 0.3) is 0 Å². The Morgan fingerprint density at radius 3 is 2.44 bits per heavy atom. The number of hydrogen-bond donors (Lipinski definition) is 2. The lowest BCUT2D eigenvalue weighted by Crippen LogP contribution is -2.57. The highest BCUT2D eigenvalue weighted by atomic mass is 127. The molecular weight excluding hydrogens is 453 g/mol. The SMILES string of the molecule is CN=C(NCC1(N(C)C)CCCCCC1)N1CCCC2(CNC(=O)C2)C1.I. The molecule has 7 heteroatoms.